The van der Waals surface area contributed by atoms with Gasteiger partial charge in [0.1, 0.15) is 0 Å². The van der Waals surface area contributed by atoms with Crippen molar-refractivity contribution in [2.24, 2.45) is 11.8 Å². The van der Waals surface area contributed by atoms with Crippen molar-refractivity contribution in [3.05, 3.63) is 0 Å². The lowest BCUT2D eigenvalue weighted by Gasteiger charge is -2.51. The first kappa shape index (κ1) is 8.55. The number of hydrogen-bond acceptors (Lipinski definition) is 1. The Morgan fingerprint density at radius 2 is 1.75 bits per heavy atom. The van der Waals surface area contributed by atoms with E-state index in [-0.39, 0.29) is 0 Å². The van der Waals surface area contributed by atoms with Gasteiger partial charge in [-0.05, 0) is 44.2 Å². The molecule has 2 atom stereocenters. The van der Waals surface area contributed by atoms with Crippen LogP contribution in [0, 0.1) is 11.8 Å². The van der Waals surface area contributed by atoms with Gasteiger partial charge in [-0.1, -0.05) is 20.3 Å². The van der Waals surface area contributed by atoms with Gasteiger partial charge in [-0.2, -0.15) is 0 Å². The summed E-state index contributed by atoms with van der Waals surface area (Å²) in [4.78, 5) is 2.73. The highest BCUT2D eigenvalue weighted by atomic mass is 15.2. The zero-order chi connectivity index (χ0) is 8.55. The number of fused-ring (bicyclic) bond motifs is 3. The van der Waals surface area contributed by atoms with Gasteiger partial charge in [0, 0.05) is 6.04 Å². The lowest BCUT2D eigenvalue weighted by atomic mass is 9.72. The first-order valence-electron chi connectivity index (χ1n) is 5.60. The Morgan fingerprint density at radius 3 is 2.17 bits per heavy atom. The Morgan fingerprint density at radius 1 is 1.08 bits per heavy atom. The van der Waals surface area contributed by atoms with Gasteiger partial charge < -0.3 is 4.90 Å². The lowest BCUT2D eigenvalue weighted by molar-refractivity contribution is -0.0132. The second-order valence-electron chi connectivity index (χ2n) is 4.42. The van der Waals surface area contributed by atoms with E-state index in [1.54, 1.807) is 0 Å². The van der Waals surface area contributed by atoms with Crippen LogP contribution in [0.1, 0.15) is 39.5 Å². The van der Waals surface area contributed by atoms with Gasteiger partial charge in [0.2, 0.25) is 0 Å². The molecule has 0 radical (unpaired) electrons. The summed E-state index contributed by atoms with van der Waals surface area (Å²) in [6, 6.07) is 0.933. The molecule has 0 aromatic heterocycles. The summed E-state index contributed by atoms with van der Waals surface area (Å²) in [5.41, 5.74) is 0. The SMILES string of the molecule is CCC1C2CCN(CC2)C1CC. The smallest absolute Gasteiger partial charge is 0.0123 e. The molecule has 12 heavy (non-hydrogen) atoms. The molecule has 0 amide bonds. The predicted octanol–water partition coefficient (Wildman–Crippen LogP) is 2.52. The van der Waals surface area contributed by atoms with Crippen LogP contribution in [-0.2, 0) is 0 Å². The number of nitrogens with zero attached hydrogens (tertiary/aromatic N) is 1. The van der Waals surface area contributed by atoms with Crippen LogP contribution in [0.2, 0.25) is 0 Å². The molecule has 70 valence electrons. The van der Waals surface area contributed by atoms with Gasteiger partial charge in [-0.25, -0.2) is 0 Å². The van der Waals surface area contributed by atoms with Crippen molar-refractivity contribution < 1.29 is 0 Å². The molecule has 3 rings (SSSR count). The zero-order valence-electron chi connectivity index (χ0n) is 8.42. The van der Waals surface area contributed by atoms with E-state index in [1.807, 2.05) is 0 Å². The van der Waals surface area contributed by atoms with Gasteiger partial charge in [0.25, 0.3) is 0 Å². The molecule has 3 fully saturated rings. The van der Waals surface area contributed by atoms with E-state index in [4.69, 9.17) is 0 Å². The standard InChI is InChI=1S/C11H21N/c1-3-10-9-5-7-12(8-6-9)11(10)4-2/h9-11H,3-8H2,1-2H3. The van der Waals surface area contributed by atoms with Gasteiger partial charge >= 0.3 is 0 Å². The van der Waals surface area contributed by atoms with Crippen LogP contribution in [0.3, 0.4) is 0 Å². The van der Waals surface area contributed by atoms with E-state index in [1.165, 1.54) is 38.8 Å². The maximum atomic E-state index is 2.73. The molecule has 1 nitrogen and oxygen atoms in total. The Labute approximate surface area is 76.1 Å². The third-order valence-electron chi connectivity index (χ3n) is 4.03. The molecule has 3 heterocycles. The molecule has 2 unspecified atom stereocenters. The minimum absolute atomic E-state index is 0.933. The lowest BCUT2D eigenvalue weighted by Crippen LogP contribution is -2.54. The zero-order valence-corrected chi connectivity index (χ0v) is 8.42. The average molecular weight is 167 g/mol. The monoisotopic (exact) mass is 167 g/mol. The topological polar surface area (TPSA) is 3.24 Å². The van der Waals surface area contributed by atoms with Crippen LogP contribution in [0.25, 0.3) is 0 Å². The number of rotatable bonds is 2. The highest BCUT2D eigenvalue weighted by Crippen LogP contribution is 2.39. The largest absolute Gasteiger partial charge is 0.300 e. The predicted molar refractivity (Wildman–Crippen MR) is 52.2 cm³/mol. The fourth-order valence-electron chi connectivity index (χ4n) is 3.43. The molecule has 3 aliphatic heterocycles. The van der Waals surface area contributed by atoms with Crippen molar-refractivity contribution in [3.63, 3.8) is 0 Å². The molecule has 3 aliphatic rings. The normalized spacial score (nSPS) is 46.5. The summed E-state index contributed by atoms with van der Waals surface area (Å²) in [7, 11) is 0. The van der Waals surface area contributed by atoms with Crippen LogP contribution in [-0.4, -0.2) is 24.0 Å². The molecule has 0 aromatic carbocycles. The molecule has 0 saturated carbocycles. The van der Waals surface area contributed by atoms with E-state index in [0.717, 1.165) is 17.9 Å². The van der Waals surface area contributed by atoms with Crippen molar-refractivity contribution in [2.75, 3.05) is 13.1 Å². The van der Waals surface area contributed by atoms with Crippen LogP contribution in [0.5, 0.6) is 0 Å². The molecule has 0 N–H and O–H groups in total. The summed E-state index contributed by atoms with van der Waals surface area (Å²) in [5.74, 6) is 2.10. The third-order valence-corrected chi connectivity index (χ3v) is 4.03. The van der Waals surface area contributed by atoms with Crippen molar-refractivity contribution in [2.45, 2.75) is 45.6 Å². The van der Waals surface area contributed by atoms with Gasteiger partial charge in [0.15, 0.2) is 0 Å². The van der Waals surface area contributed by atoms with E-state index in [9.17, 15) is 0 Å². The first-order valence-corrected chi connectivity index (χ1v) is 5.60. The second-order valence-corrected chi connectivity index (χ2v) is 4.42. The molecule has 0 aliphatic carbocycles. The summed E-state index contributed by atoms with van der Waals surface area (Å²) in [5, 5.41) is 0. The second kappa shape index (κ2) is 3.37. The summed E-state index contributed by atoms with van der Waals surface area (Å²) in [6.45, 7) is 7.50. The molecule has 1 heteroatoms. The fraction of sp³-hybridized carbons (Fsp3) is 1.00. The van der Waals surface area contributed by atoms with E-state index >= 15 is 0 Å². The molecular formula is C11H21N. The van der Waals surface area contributed by atoms with Crippen LogP contribution >= 0.6 is 0 Å². The van der Waals surface area contributed by atoms with Crippen LogP contribution in [0.4, 0.5) is 0 Å². The average Bonchev–Trinajstić information content (AvgIpc) is 2.18. The minimum Gasteiger partial charge on any atom is -0.300 e. The summed E-state index contributed by atoms with van der Waals surface area (Å²) in [6.07, 6.45) is 5.73. The Balaban J connectivity index is 2.10. The number of hydrogen-bond donors (Lipinski definition) is 0. The molecule has 2 bridgehead atoms. The highest BCUT2D eigenvalue weighted by molar-refractivity contribution is 4.92. The summed E-state index contributed by atoms with van der Waals surface area (Å²) >= 11 is 0. The van der Waals surface area contributed by atoms with Crippen molar-refractivity contribution >= 4 is 0 Å². The molecular weight excluding hydrogens is 146 g/mol. The van der Waals surface area contributed by atoms with Crippen LogP contribution < -0.4 is 0 Å². The van der Waals surface area contributed by atoms with E-state index < -0.39 is 0 Å². The Kier molecular flexibility index (Phi) is 2.40. The Bertz CT molecular complexity index is 129. The Hall–Kier alpha value is -0.0400. The molecule has 0 aromatic rings. The third kappa shape index (κ3) is 1.19. The van der Waals surface area contributed by atoms with E-state index in [2.05, 4.69) is 18.7 Å². The fourth-order valence-corrected chi connectivity index (χ4v) is 3.43. The summed E-state index contributed by atoms with van der Waals surface area (Å²) < 4.78 is 0. The van der Waals surface area contributed by atoms with Crippen molar-refractivity contribution in [1.29, 1.82) is 0 Å². The first-order chi connectivity index (χ1) is 5.86. The van der Waals surface area contributed by atoms with E-state index in [0.29, 0.717) is 0 Å². The molecule has 3 saturated heterocycles. The minimum atomic E-state index is 0.933. The highest BCUT2D eigenvalue weighted by Gasteiger charge is 2.39. The quantitative estimate of drug-likeness (QED) is 0.611. The van der Waals surface area contributed by atoms with Gasteiger partial charge in [-0.3, -0.25) is 0 Å². The molecule has 0 spiro atoms. The maximum Gasteiger partial charge on any atom is 0.0123 e. The van der Waals surface area contributed by atoms with Gasteiger partial charge in [-0.15, -0.1) is 0 Å². The number of piperidine rings is 3. The van der Waals surface area contributed by atoms with Crippen LogP contribution in [0.15, 0.2) is 0 Å². The van der Waals surface area contributed by atoms with Crippen molar-refractivity contribution in [1.82, 2.24) is 4.90 Å². The maximum absolute atomic E-state index is 2.73. The van der Waals surface area contributed by atoms with Gasteiger partial charge in [0.05, 0.1) is 0 Å². The van der Waals surface area contributed by atoms with Crippen molar-refractivity contribution in [3.8, 4) is 0 Å².